The van der Waals surface area contributed by atoms with E-state index in [-0.39, 0.29) is 0 Å². The fourth-order valence-electron chi connectivity index (χ4n) is 1.47. The number of aryl methyl sites for hydroxylation is 1. The van der Waals surface area contributed by atoms with E-state index < -0.39 is 11.7 Å². The number of alkyl halides is 3. The lowest BCUT2D eigenvalue weighted by Gasteiger charge is -2.14. The van der Waals surface area contributed by atoms with Crippen molar-refractivity contribution in [2.45, 2.75) is 13.1 Å². The molecule has 17 heavy (non-hydrogen) atoms. The maximum atomic E-state index is 12.6. The molecule has 5 heteroatoms. The maximum absolute atomic E-state index is 12.6. The second-order valence-electron chi connectivity index (χ2n) is 4.32. The van der Waals surface area contributed by atoms with Gasteiger partial charge in [-0.3, -0.25) is 0 Å². The number of halogens is 3. The van der Waals surface area contributed by atoms with Crippen molar-refractivity contribution in [3.63, 3.8) is 0 Å². The average molecular weight is 246 g/mol. The van der Waals surface area contributed by atoms with Crippen molar-refractivity contribution in [3.05, 3.63) is 29.3 Å². The van der Waals surface area contributed by atoms with Gasteiger partial charge in [-0.2, -0.15) is 13.2 Å². The van der Waals surface area contributed by atoms with E-state index in [0.29, 0.717) is 17.8 Å². The highest BCUT2D eigenvalue weighted by atomic mass is 19.4. The molecule has 0 atom stereocenters. The van der Waals surface area contributed by atoms with E-state index in [2.05, 4.69) is 5.32 Å². The van der Waals surface area contributed by atoms with Crippen LogP contribution in [0, 0.1) is 6.92 Å². The molecule has 0 fully saturated rings. The van der Waals surface area contributed by atoms with Gasteiger partial charge in [-0.05, 0) is 44.8 Å². The summed E-state index contributed by atoms with van der Waals surface area (Å²) < 4.78 is 37.7. The highest BCUT2D eigenvalue weighted by molar-refractivity contribution is 5.49. The Balaban J connectivity index is 2.76. The predicted octanol–water partition coefficient (Wildman–Crippen LogP) is 2.99. The van der Waals surface area contributed by atoms with Crippen molar-refractivity contribution in [1.29, 1.82) is 0 Å². The number of nitrogens with zero attached hydrogens (tertiary/aromatic N) is 1. The first-order valence-electron chi connectivity index (χ1n) is 5.36. The molecule has 1 rings (SSSR count). The smallest absolute Gasteiger partial charge is 0.384 e. The molecule has 0 saturated carbocycles. The van der Waals surface area contributed by atoms with E-state index in [4.69, 9.17) is 0 Å². The standard InChI is InChI=1S/C12H17F3N2/c1-9-6-10(12(13,14)15)8-11(7-9)16-4-5-17(2)3/h6-8,16H,4-5H2,1-3H3. The number of rotatable bonds is 4. The summed E-state index contributed by atoms with van der Waals surface area (Å²) in [6.45, 7) is 3.05. The lowest BCUT2D eigenvalue weighted by atomic mass is 10.1. The van der Waals surface area contributed by atoms with Crippen LogP contribution in [0.4, 0.5) is 18.9 Å². The highest BCUT2D eigenvalue weighted by Gasteiger charge is 2.30. The van der Waals surface area contributed by atoms with E-state index in [0.717, 1.165) is 18.7 Å². The normalized spacial score (nSPS) is 11.9. The molecular formula is C12H17F3N2. The lowest BCUT2D eigenvalue weighted by molar-refractivity contribution is -0.137. The van der Waals surface area contributed by atoms with Gasteiger partial charge < -0.3 is 10.2 Å². The van der Waals surface area contributed by atoms with E-state index in [9.17, 15) is 13.2 Å². The summed E-state index contributed by atoms with van der Waals surface area (Å²) in [6.07, 6.45) is -4.29. The van der Waals surface area contributed by atoms with Gasteiger partial charge in [0.2, 0.25) is 0 Å². The molecule has 0 aliphatic heterocycles. The van der Waals surface area contributed by atoms with Gasteiger partial charge in [-0.15, -0.1) is 0 Å². The van der Waals surface area contributed by atoms with Gasteiger partial charge in [0.1, 0.15) is 0 Å². The van der Waals surface area contributed by atoms with Crippen molar-refractivity contribution in [3.8, 4) is 0 Å². The SMILES string of the molecule is Cc1cc(NCCN(C)C)cc(C(F)(F)F)c1. The van der Waals surface area contributed by atoms with Gasteiger partial charge in [0.05, 0.1) is 5.56 Å². The van der Waals surface area contributed by atoms with Crippen LogP contribution < -0.4 is 5.32 Å². The summed E-state index contributed by atoms with van der Waals surface area (Å²) in [5.41, 5.74) is 0.510. The Morgan fingerprint density at radius 3 is 2.35 bits per heavy atom. The van der Waals surface area contributed by atoms with Crippen molar-refractivity contribution in [2.75, 3.05) is 32.5 Å². The predicted molar refractivity (Wildman–Crippen MR) is 63.2 cm³/mol. The number of hydrogen-bond acceptors (Lipinski definition) is 2. The monoisotopic (exact) mass is 246 g/mol. The number of benzene rings is 1. The van der Waals surface area contributed by atoms with Gasteiger partial charge in [-0.25, -0.2) is 0 Å². The second kappa shape index (κ2) is 5.40. The number of nitrogens with one attached hydrogen (secondary N) is 1. The van der Waals surface area contributed by atoms with Crippen LogP contribution in [-0.4, -0.2) is 32.1 Å². The van der Waals surface area contributed by atoms with Crippen LogP contribution in [0.15, 0.2) is 18.2 Å². The summed E-state index contributed by atoms with van der Waals surface area (Å²) in [4.78, 5) is 1.97. The van der Waals surface area contributed by atoms with Crippen molar-refractivity contribution >= 4 is 5.69 Å². The summed E-state index contributed by atoms with van der Waals surface area (Å²) in [6, 6.07) is 4.00. The average Bonchev–Trinajstić information content (AvgIpc) is 2.14. The fraction of sp³-hybridized carbons (Fsp3) is 0.500. The first-order valence-corrected chi connectivity index (χ1v) is 5.36. The summed E-state index contributed by atoms with van der Waals surface area (Å²) in [5.74, 6) is 0. The van der Waals surface area contributed by atoms with Crippen LogP contribution >= 0.6 is 0 Å². The molecule has 0 saturated heterocycles. The van der Waals surface area contributed by atoms with Gasteiger partial charge in [-0.1, -0.05) is 0 Å². The summed E-state index contributed by atoms with van der Waals surface area (Å²) in [7, 11) is 3.83. The Bertz CT molecular complexity index is 373. The molecular weight excluding hydrogens is 229 g/mol. The van der Waals surface area contributed by atoms with E-state index >= 15 is 0 Å². The van der Waals surface area contributed by atoms with Crippen LogP contribution in [0.5, 0.6) is 0 Å². The van der Waals surface area contributed by atoms with Crippen LogP contribution in [-0.2, 0) is 6.18 Å². The maximum Gasteiger partial charge on any atom is 0.416 e. The van der Waals surface area contributed by atoms with E-state index in [1.807, 2.05) is 19.0 Å². The van der Waals surface area contributed by atoms with Crippen LogP contribution in [0.2, 0.25) is 0 Å². The van der Waals surface area contributed by atoms with Gasteiger partial charge in [0.25, 0.3) is 0 Å². The zero-order chi connectivity index (χ0) is 13.1. The van der Waals surface area contributed by atoms with Crippen molar-refractivity contribution < 1.29 is 13.2 Å². The van der Waals surface area contributed by atoms with Gasteiger partial charge >= 0.3 is 6.18 Å². The minimum Gasteiger partial charge on any atom is -0.384 e. The third-order valence-electron chi connectivity index (χ3n) is 2.29. The third kappa shape index (κ3) is 4.65. The minimum atomic E-state index is -4.29. The summed E-state index contributed by atoms with van der Waals surface area (Å²) >= 11 is 0. The van der Waals surface area contributed by atoms with Crippen LogP contribution in [0.3, 0.4) is 0 Å². The molecule has 0 aromatic heterocycles. The molecule has 0 spiro atoms. The molecule has 0 radical (unpaired) electrons. The van der Waals surface area contributed by atoms with Crippen molar-refractivity contribution in [1.82, 2.24) is 4.90 Å². The zero-order valence-electron chi connectivity index (χ0n) is 10.2. The molecule has 0 aliphatic rings. The number of anilines is 1. The molecule has 96 valence electrons. The molecule has 0 amide bonds. The van der Waals surface area contributed by atoms with Crippen LogP contribution in [0.25, 0.3) is 0 Å². The Morgan fingerprint density at radius 1 is 1.18 bits per heavy atom. The first kappa shape index (κ1) is 13.8. The molecule has 0 bridgehead atoms. The molecule has 1 N–H and O–H groups in total. The zero-order valence-corrected chi connectivity index (χ0v) is 10.2. The Labute approximate surface area is 99.4 Å². The second-order valence-corrected chi connectivity index (χ2v) is 4.32. The Morgan fingerprint density at radius 2 is 1.82 bits per heavy atom. The molecule has 0 unspecified atom stereocenters. The molecule has 1 aromatic carbocycles. The Kier molecular flexibility index (Phi) is 4.40. The highest BCUT2D eigenvalue weighted by Crippen LogP contribution is 2.31. The topological polar surface area (TPSA) is 15.3 Å². The van der Waals surface area contributed by atoms with E-state index in [1.54, 1.807) is 13.0 Å². The van der Waals surface area contributed by atoms with Gasteiger partial charge in [0, 0.05) is 18.8 Å². The third-order valence-corrected chi connectivity index (χ3v) is 2.29. The number of hydrogen-bond donors (Lipinski definition) is 1. The van der Waals surface area contributed by atoms with Crippen molar-refractivity contribution in [2.24, 2.45) is 0 Å². The lowest BCUT2D eigenvalue weighted by Crippen LogP contribution is -2.21. The fourth-order valence-corrected chi connectivity index (χ4v) is 1.47. The summed E-state index contributed by atoms with van der Waals surface area (Å²) in [5, 5.41) is 2.99. The van der Waals surface area contributed by atoms with Crippen LogP contribution in [0.1, 0.15) is 11.1 Å². The minimum absolute atomic E-state index is 0.513. The number of likely N-dealkylation sites (N-methyl/N-ethyl adjacent to an activating group) is 1. The molecule has 0 aliphatic carbocycles. The first-order chi connectivity index (χ1) is 7.79. The largest absolute Gasteiger partial charge is 0.416 e. The molecule has 1 aromatic rings. The van der Waals surface area contributed by atoms with E-state index in [1.165, 1.54) is 0 Å². The Hall–Kier alpha value is -1.23. The van der Waals surface area contributed by atoms with Gasteiger partial charge in [0.15, 0.2) is 0 Å². The quantitative estimate of drug-likeness (QED) is 0.878. The molecule has 2 nitrogen and oxygen atoms in total. The molecule has 0 heterocycles.